The number of aliphatic imine (C=N–C) groups is 1. The number of likely N-dealkylation sites (tertiary alicyclic amines) is 1. The molecule has 26 heavy (non-hydrogen) atoms. The third-order valence-corrected chi connectivity index (χ3v) is 5.69. The molecule has 2 fully saturated rings. The molecule has 1 saturated carbocycles. The van der Waals surface area contributed by atoms with Crippen LogP contribution < -0.4 is 15.4 Å². The average molecular weight is 359 g/mol. The molecule has 1 atom stereocenters. The van der Waals surface area contributed by atoms with E-state index in [1.807, 2.05) is 13.1 Å². The fourth-order valence-electron chi connectivity index (χ4n) is 4.19. The van der Waals surface area contributed by atoms with Crippen molar-refractivity contribution in [3.8, 4) is 5.75 Å². The monoisotopic (exact) mass is 358 g/mol. The first kappa shape index (κ1) is 19.0. The first-order valence-corrected chi connectivity index (χ1v) is 10.2. The molecule has 2 N–H and O–H groups in total. The standard InChI is InChI=1S/C21H34N4O/c1-22-21(24-18-10-4-3-5-11-18)23-16-20(25-13-6-7-14-25)17-9-8-12-19(15-17)26-2/h8-9,12,15,18,20H,3-7,10-11,13-14,16H2,1-2H3,(H2,22,23,24). The van der Waals surface area contributed by atoms with E-state index in [2.05, 4.69) is 38.7 Å². The second-order valence-corrected chi connectivity index (χ2v) is 7.47. The normalized spacial score (nSPS) is 20.8. The molecular formula is C21H34N4O. The highest BCUT2D eigenvalue weighted by atomic mass is 16.5. The van der Waals surface area contributed by atoms with E-state index in [9.17, 15) is 0 Å². The summed E-state index contributed by atoms with van der Waals surface area (Å²) in [5.74, 6) is 1.86. The predicted molar refractivity (Wildman–Crippen MR) is 108 cm³/mol. The summed E-state index contributed by atoms with van der Waals surface area (Å²) < 4.78 is 5.44. The van der Waals surface area contributed by atoms with E-state index < -0.39 is 0 Å². The molecule has 0 spiro atoms. The van der Waals surface area contributed by atoms with Crippen LogP contribution in [0.1, 0.15) is 56.6 Å². The Balaban J connectivity index is 1.64. The molecule has 3 rings (SSSR count). The lowest BCUT2D eigenvalue weighted by Crippen LogP contribution is -2.46. The van der Waals surface area contributed by atoms with E-state index in [0.29, 0.717) is 12.1 Å². The Hall–Kier alpha value is -1.75. The quantitative estimate of drug-likeness (QED) is 0.605. The zero-order valence-corrected chi connectivity index (χ0v) is 16.3. The molecule has 1 aliphatic carbocycles. The second-order valence-electron chi connectivity index (χ2n) is 7.47. The largest absolute Gasteiger partial charge is 0.497 e. The fraction of sp³-hybridized carbons (Fsp3) is 0.667. The Morgan fingerprint density at radius 1 is 1.19 bits per heavy atom. The van der Waals surface area contributed by atoms with Gasteiger partial charge in [0.2, 0.25) is 0 Å². The highest BCUT2D eigenvalue weighted by Gasteiger charge is 2.24. The van der Waals surface area contributed by atoms with Crippen LogP contribution in [0.25, 0.3) is 0 Å². The Labute approximate surface area is 158 Å². The van der Waals surface area contributed by atoms with Crippen LogP contribution in [0.3, 0.4) is 0 Å². The van der Waals surface area contributed by atoms with Gasteiger partial charge in [0.25, 0.3) is 0 Å². The van der Waals surface area contributed by atoms with Gasteiger partial charge < -0.3 is 15.4 Å². The minimum atomic E-state index is 0.345. The van der Waals surface area contributed by atoms with Gasteiger partial charge in [-0.1, -0.05) is 31.4 Å². The topological polar surface area (TPSA) is 48.9 Å². The van der Waals surface area contributed by atoms with Gasteiger partial charge in [-0.05, 0) is 56.5 Å². The Kier molecular flexibility index (Phi) is 7.18. The third kappa shape index (κ3) is 5.13. The van der Waals surface area contributed by atoms with Gasteiger partial charge in [0, 0.05) is 19.6 Å². The molecule has 0 amide bonds. The van der Waals surface area contributed by atoms with Gasteiger partial charge in [0.05, 0.1) is 13.2 Å². The number of methoxy groups -OCH3 is 1. The van der Waals surface area contributed by atoms with Gasteiger partial charge in [0.1, 0.15) is 5.75 Å². The van der Waals surface area contributed by atoms with Crippen LogP contribution in [0, 0.1) is 0 Å². The molecule has 0 aromatic heterocycles. The van der Waals surface area contributed by atoms with E-state index in [-0.39, 0.29) is 0 Å². The molecule has 1 aromatic rings. The van der Waals surface area contributed by atoms with E-state index in [1.54, 1.807) is 7.11 Å². The number of guanidine groups is 1. The van der Waals surface area contributed by atoms with Crippen LogP contribution in [0.2, 0.25) is 0 Å². The zero-order chi connectivity index (χ0) is 18.2. The second kappa shape index (κ2) is 9.81. The summed E-state index contributed by atoms with van der Waals surface area (Å²) in [5.41, 5.74) is 1.31. The fourth-order valence-corrected chi connectivity index (χ4v) is 4.19. The first-order chi connectivity index (χ1) is 12.8. The smallest absolute Gasteiger partial charge is 0.191 e. The zero-order valence-electron chi connectivity index (χ0n) is 16.3. The minimum absolute atomic E-state index is 0.345. The molecule has 2 aliphatic rings. The molecule has 5 heteroatoms. The van der Waals surface area contributed by atoms with Gasteiger partial charge in [-0.2, -0.15) is 0 Å². The van der Waals surface area contributed by atoms with Crippen molar-refractivity contribution in [1.82, 2.24) is 15.5 Å². The number of hydrogen-bond acceptors (Lipinski definition) is 3. The molecule has 1 aliphatic heterocycles. The van der Waals surface area contributed by atoms with Crippen LogP contribution in [0.4, 0.5) is 0 Å². The van der Waals surface area contributed by atoms with Crippen LogP contribution in [0.5, 0.6) is 5.75 Å². The number of nitrogens with one attached hydrogen (secondary N) is 2. The number of ether oxygens (including phenoxy) is 1. The predicted octanol–water partition coefficient (Wildman–Crippen LogP) is 3.33. The Morgan fingerprint density at radius 3 is 2.65 bits per heavy atom. The first-order valence-electron chi connectivity index (χ1n) is 10.2. The maximum absolute atomic E-state index is 5.44. The summed E-state index contributed by atoms with van der Waals surface area (Å²) in [7, 11) is 3.60. The van der Waals surface area contributed by atoms with Gasteiger partial charge in [0.15, 0.2) is 5.96 Å². The number of benzene rings is 1. The minimum Gasteiger partial charge on any atom is -0.497 e. The molecule has 1 saturated heterocycles. The summed E-state index contributed by atoms with van der Waals surface area (Å²) in [6, 6.07) is 9.40. The van der Waals surface area contributed by atoms with Crippen molar-refractivity contribution in [3.05, 3.63) is 29.8 Å². The summed E-state index contributed by atoms with van der Waals surface area (Å²) in [4.78, 5) is 7.04. The number of nitrogens with zero attached hydrogens (tertiary/aromatic N) is 2. The van der Waals surface area contributed by atoms with Crippen LogP contribution in [-0.4, -0.2) is 50.7 Å². The van der Waals surface area contributed by atoms with Gasteiger partial charge in [-0.15, -0.1) is 0 Å². The van der Waals surface area contributed by atoms with Crippen molar-refractivity contribution in [2.45, 2.75) is 57.0 Å². The van der Waals surface area contributed by atoms with Gasteiger partial charge in [-0.25, -0.2) is 0 Å². The highest BCUT2D eigenvalue weighted by Crippen LogP contribution is 2.27. The molecule has 1 aromatic carbocycles. The van der Waals surface area contributed by atoms with Crippen LogP contribution >= 0.6 is 0 Å². The van der Waals surface area contributed by atoms with Crippen molar-refractivity contribution in [3.63, 3.8) is 0 Å². The summed E-state index contributed by atoms with van der Waals surface area (Å²) in [5, 5.41) is 7.21. The average Bonchev–Trinajstić information content (AvgIpc) is 3.22. The van der Waals surface area contributed by atoms with Crippen molar-refractivity contribution in [2.75, 3.05) is 33.8 Å². The van der Waals surface area contributed by atoms with E-state index >= 15 is 0 Å². The Morgan fingerprint density at radius 2 is 1.96 bits per heavy atom. The van der Waals surface area contributed by atoms with E-state index in [4.69, 9.17) is 4.74 Å². The van der Waals surface area contributed by atoms with Crippen molar-refractivity contribution >= 4 is 5.96 Å². The van der Waals surface area contributed by atoms with Crippen LogP contribution in [0.15, 0.2) is 29.3 Å². The van der Waals surface area contributed by atoms with Crippen molar-refractivity contribution < 1.29 is 4.74 Å². The summed E-state index contributed by atoms with van der Waals surface area (Å²) >= 11 is 0. The number of hydrogen-bond donors (Lipinski definition) is 2. The SMILES string of the molecule is CN=C(NCC(c1cccc(OC)c1)N1CCCC1)NC1CCCCC1. The molecule has 1 heterocycles. The number of rotatable bonds is 6. The van der Waals surface area contributed by atoms with E-state index in [0.717, 1.165) is 31.3 Å². The third-order valence-electron chi connectivity index (χ3n) is 5.69. The molecule has 144 valence electrons. The molecular weight excluding hydrogens is 324 g/mol. The molecule has 0 bridgehead atoms. The maximum Gasteiger partial charge on any atom is 0.191 e. The molecule has 1 unspecified atom stereocenters. The van der Waals surface area contributed by atoms with Gasteiger partial charge >= 0.3 is 0 Å². The van der Waals surface area contributed by atoms with Gasteiger partial charge in [-0.3, -0.25) is 9.89 Å². The lowest BCUT2D eigenvalue weighted by atomic mass is 9.96. The molecule has 5 nitrogen and oxygen atoms in total. The summed E-state index contributed by atoms with van der Waals surface area (Å²) in [6.07, 6.45) is 9.12. The maximum atomic E-state index is 5.44. The van der Waals surface area contributed by atoms with E-state index in [1.165, 1.54) is 50.5 Å². The summed E-state index contributed by atoms with van der Waals surface area (Å²) in [6.45, 7) is 3.19. The van der Waals surface area contributed by atoms with Crippen molar-refractivity contribution in [2.24, 2.45) is 4.99 Å². The lowest BCUT2D eigenvalue weighted by Gasteiger charge is -2.30. The Bertz CT molecular complexity index is 577. The van der Waals surface area contributed by atoms with Crippen LogP contribution in [-0.2, 0) is 0 Å². The molecule has 0 radical (unpaired) electrons. The highest BCUT2D eigenvalue weighted by molar-refractivity contribution is 5.80. The lowest BCUT2D eigenvalue weighted by molar-refractivity contribution is 0.244. The van der Waals surface area contributed by atoms with Crippen molar-refractivity contribution in [1.29, 1.82) is 0 Å².